The van der Waals surface area contributed by atoms with E-state index in [1.165, 1.54) is 12.8 Å². The summed E-state index contributed by atoms with van der Waals surface area (Å²) in [6.45, 7) is 9.63. The second kappa shape index (κ2) is 20.9. The first-order valence-electron chi connectivity index (χ1n) is 18.5. The Morgan fingerprint density at radius 2 is 0.907 bits per heavy atom. The monoisotopic (exact) mass is 728 g/mol. The number of azo groups is 2. The number of esters is 1. The van der Waals surface area contributed by atoms with E-state index in [0.29, 0.717) is 46.5 Å². The number of nitrogens with zero attached hydrogens (tertiary/aromatic N) is 4. The predicted octanol–water partition coefficient (Wildman–Crippen LogP) is 12.9. The summed E-state index contributed by atoms with van der Waals surface area (Å²) in [4.78, 5) is 12.7. The fourth-order valence-corrected chi connectivity index (χ4v) is 5.18. The van der Waals surface area contributed by atoms with Gasteiger partial charge in [0.05, 0.1) is 41.5 Å². The third kappa shape index (κ3) is 12.6. The molecule has 0 aliphatic heterocycles. The molecule has 10 heteroatoms. The summed E-state index contributed by atoms with van der Waals surface area (Å²) >= 11 is 0. The quantitative estimate of drug-likeness (QED) is 0.0259. The van der Waals surface area contributed by atoms with Crippen LogP contribution < -0.4 is 23.7 Å². The molecule has 0 saturated carbocycles. The van der Waals surface area contributed by atoms with Crippen LogP contribution in [0.2, 0.25) is 0 Å². The van der Waals surface area contributed by atoms with Crippen molar-refractivity contribution < 1.29 is 28.5 Å². The predicted molar refractivity (Wildman–Crippen MR) is 211 cm³/mol. The molecule has 10 nitrogen and oxygen atoms in total. The third-order valence-electron chi connectivity index (χ3n) is 8.34. The zero-order valence-electron chi connectivity index (χ0n) is 31.5. The zero-order valence-corrected chi connectivity index (χ0v) is 31.5. The van der Waals surface area contributed by atoms with Crippen molar-refractivity contribution in [3.63, 3.8) is 0 Å². The molecule has 0 N–H and O–H groups in total. The molecule has 54 heavy (non-hydrogen) atoms. The van der Waals surface area contributed by atoms with Crippen LogP contribution >= 0.6 is 0 Å². The van der Waals surface area contributed by atoms with E-state index < -0.39 is 5.97 Å². The van der Waals surface area contributed by atoms with Crippen LogP contribution in [-0.4, -0.2) is 26.0 Å². The summed E-state index contributed by atoms with van der Waals surface area (Å²) in [6.07, 6.45) is 6.67. The van der Waals surface area contributed by atoms with Crippen LogP contribution in [0, 0.1) is 13.8 Å². The molecule has 280 valence electrons. The van der Waals surface area contributed by atoms with E-state index in [-0.39, 0.29) is 6.79 Å². The summed E-state index contributed by atoms with van der Waals surface area (Å²) in [5.74, 6) is 2.93. The molecule has 0 heterocycles. The molecule has 5 rings (SSSR count). The Labute approximate surface area is 317 Å². The Morgan fingerprint density at radius 1 is 0.481 bits per heavy atom. The van der Waals surface area contributed by atoms with E-state index in [0.717, 1.165) is 60.6 Å². The van der Waals surface area contributed by atoms with Crippen molar-refractivity contribution in [1.82, 2.24) is 0 Å². The van der Waals surface area contributed by atoms with Gasteiger partial charge in [-0.3, -0.25) is 0 Å². The van der Waals surface area contributed by atoms with Gasteiger partial charge in [0.1, 0.15) is 28.7 Å². The van der Waals surface area contributed by atoms with Crippen LogP contribution in [0.25, 0.3) is 0 Å². The van der Waals surface area contributed by atoms with Crippen LogP contribution in [-0.2, 0) is 0 Å². The Kier molecular flexibility index (Phi) is 15.1. The van der Waals surface area contributed by atoms with E-state index in [4.69, 9.17) is 23.7 Å². The molecule has 0 aliphatic carbocycles. The van der Waals surface area contributed by atoms with Gasteiger partial charge in [-0.25, -0.2) is 4.79 Å². The molecular weight excluding hydrogens is 681 g/mol. The molecule has 0 bridgehead atoms. The van der Waals surface area contributed by atoms with E-state index >= 15 is 0 Å². The summed E-state index contributed by atoms with van der Waals surface area (Å²) < 4.78 is 28.6. The number of hydrogen-bond acceptors (Lipinski definition) is 10. The van der Waals surface area contributed by atoms with E-state index in [9.17, 15) is 4.79 Å². The van der Waals surface area contributed by atoms with Crippen molar-refractivity contribution in [1.29, 1.82) is 0 Å². The Balaban J connectivity index is 1.06. The number of unbranched alkanes of at least 4 members (excludes halogenated alkanes) is 4. The number of ether oxygens (including phenoxy) is 5. The fraction of sp³-hybridized carbons (Fsp3) is 0.295. The summed E-state index contributed by atoms with van der Waals surface area (Å²) in [5, 5.41) is 17.6. The van der Waals surface area contributed by atoms with Crippen LogP contribution in [0.15, 0.2) is 130 Å². The maximum atomic E-state index is 12.7. The molecule has 0 spiro atoms. The van der Waals surface area contributed by atoms with Crippen molar-refractivity contribution in [2.75, 3.05) is 20.0 Å². The van der Waals surface area contributed by atoms with Gasteiger partial charge >= 0.3 is 5.97 Å². The lowest BCUT2D eigenvalue weighted by Gasteiger charge is -2.10. The normalized spacial score (nSPS) is 11.2. The van der Waals surface area contributed by atoms with Gasteiger partial charge in [-0.1, -0.05) is 39.5 Å². The lowest BCUT2D eigenvalue weighted by atomic mass is 10.2. The SMILES string of the molecule is CCCCCOc1ccc(OCOc2ccc(N=Nc3ccc(N=Nc4ccc(OC(=O)c5ccc(OCCCCC)cc5)cc4C)cc3)c(C)c2)cc1. The fourth-order valence-electron chi connectivity index (χ4n) is 5.18. The molecule has 0 fully saturated rings. The number of rotatable bonds is 20. The third-order valence-corrected chi connectivity index (χ3v) is 8.34. The summed E-state index contributed by atoms with van der Waals surface area (Å²) in [6, 6.07) is 32.7. The molecule has 0 aliphatic rings. The van der Waals surface area contributed by atoms with Crippen LogP contribution in [0.4, 0.5) is 22.7 Å². The summed E-state index contributed by atoms with van der Waals surface area (Å²) in [5.41, 5.74) is 4.91. The van der Waals surface area contributed by atoms with E-state index in [1.54, 1.807) is 42.5 Å². The zero-order chi connectivity index (χ0) is 38.0. The van der Waals surface area contributed by atoms with Gasteiger partial charge in [-0.2, -0.15) is 20.5 Å². The highest BCUT2D eigenvalue weighted by atomic mass is 16.7. The highest BCUT2D eigenvalue weighted by molar-refractivity contribution is 5.91. The first kappa shape index (κ1) is 39.2. The van der Waals surface area contributed by atoms with Crippen molar-refractivity contribution in [3.05, 3.63) is 126 Å². The molecule has 5 aromatic carbocycles. The number of carbonyl (C=O) groups is 1. The van der Waals surface area contributed by atoms with Gasteiger partial charge in [0, 0.05) is 0 Å². The molecule has 0 radical (unpaired) electrons. The molecule has 0 amide bonds. The first-order valence-corrected chi connectivity index (χ1v) is 18.5. The standard InChI is InChI=1S/C44H48N4O6/c1-5-7-9-27-50-37-17-11-34(12-18-37)44(49)54-41-24-26-43(33(4)30-41)48-46-36-15-13-35(14-16-36)45-47-42-25-23-40(29-32(42)3)53-31-52-39-21-19-38(20-22-39)51-28-10-8-6-2/h11-26,29-30H,5-10,27-28,31H2,1-4H3. The highest BCUT2D eigenvalue weighted by Gasteiger charge is 2.10. The largest absolute Gasteiger partial charge is 0.494 e. The van der Waals surface area contributed by atoms with E-state index in [2.05, 4.69) is 34.3 Å². The minimum absolute atomic E-state index is 0.0759. The van der Waals surface area contributed by atoms with Gasteiger partial charge in [-0.15, -0.1) is 0 Å². The van der Waals surface area contributed by atoms with Crippen molar-refractivity contribution in [2.24, 2.45) is 20.5 Å². The van der Waals surface area contributed by atoms with Gasteiger partial charge in [0.2, 0.25) is 6.79 Å². The lowest BCUT2D eigenvalue weighted by Crippen LogP contribution is -2.08. The van der Waals surface area contributed by atoms with Gasteiger partial charge in [0.25, 0.3) is 0 Å². The first-order chi connectivity index (χ1) is 26.4. The second-order valence-corrected chi connectivity index (χ2v) is 12.7. The lowest BCUT2D eigenvalue weighted by molar-refractivity contribution is 0.0734. The van der Waals surface area contributed by atoms with Gasteiger partial charge in [0.15, 0.2) is 0 Å². The highest BCUT2D eigenvalue weighted by Crippen LogP contribution is 2.29. The number of carbonyl (C=O) groups excluding carboxylic acids is 1. The minimum atomic E-state index is -0.442. The van der Waals surface area contributed by atoms with Crippen molar-refractivity contribution in [3.8, 4) is 28.7 Å². The number of hydrogen-bond donors (Lipinski definition) is 0. The molecule has 0 aromatic heterocycles. The Bertz CT molecular complexity index is 1980. The average molecular weight is 729 g/mol. The van der Waals surface area contributed by atoms with Crippen LogP contribution in [0.5, 0.6) is 28.7 Å². The maximum Gasteiger partial charge on any atom is 0.343 e. The molecular formula is C44H48N4O6. The van der Waals surface area contributed by atoms with Gasteiger partial charge < -0.3 is 23.7 Å². The second-order valence-electron chi connectivity index (χ2n) is 12.7. The van der Waals surface area contributed by atoms with Crippen LogP contribution in [0.3, 0.4) is 0 Å². The van der Waals surface area contributed by atoms with Gasteiger partial charge in [-0.05, 0) is 147 Å². The molecule has 5 aromatic rings. The Hall–Kier alpha value is -6.03. The molecule has 0 unspecified atom stereocenters. The average Bonchev–Trinajstić information content (AvgIpc) is 3.19. The smallest absolute Gasteiger partial charge is 0.343 e. The molecule has 0 saturated heterocycles. The minimum Gasteiger partial charge on any atom is -0.494 e. The number of benzene rings is 5. The topological polar surface area (TPSA) is 113 Å². The van der Waals surface area contributed by atoms with Crippen molar-refractivity contribution >= 4 is 28.7 Å². The van der Waals surface area contributed by atoms with E-state index in [1.807, 2.05) is 80.6 Å². The van der Waals surface area contributed by atoms with Crippen molar-refractivity contribution in [2.45, 2.75) is 66.2 Å². The molecule has 0 atom stereocenters. The Morgan fingerprint density at radius 3 is 1.41 bits per heavy atom. The summed E-state index contributed by atoms with van der Waals surface area (Å²) in [7, 11) is 0. The van der Waals surface area contributed by atoms with Crippen LogP contribution in [0.1, 0.15) is 73.9 Å². The maximum absolute atomic E-state index is 12.7. The number of aryl methyl sites for hydroxylation is 2.